The summed E-state index contributed by atoms with van der Waals surface area (Å²) in [5.41, 5.74) is -0.149. The fraction of sp³-hybridized carbons (Fsp3) is 0.545. The Morgan fingerprint density at radius 3 is 2.65 bits per heavy atom. The zero-order chi connectivity index (χ0) is 15.3. The van der Waals surface area contributed by atoms with E-state index in [0.29, 0.717) is 0 Å². The van der Waals surface area contributed by atoms with Gasteiger partial charge in [-0.05, 0) is 13.8 Å². The third-order valence-corrected chi connectivity index (χ3v) is 2.63. The van der Waals surface area contributed by atoms with Crippen molar-refractivity contribution < 1.29 is 19.6 Å². The average Bonchev–Trinajstić information content (AvgIpc) is 2.81. The zero-order valence-electron chi connectivity index (χ0n) is 11.2. The summed E-state index contributed by atoms with van der Waals surface area (Å²) in [6.45, 7) is 3.24. The smallest absolute Gasteiger partial charge is 0.323 e. The number of nitro groups is 1. The summed E-state index contributed by atoms with van der Waals surface area (Å²) < 4.78 is 1.29. The normalized spacial score (nSPS) is 10.6. The lowest BCUT2D eigenvalue weighted by Gasteiger charge is -2.24. The second kappa shape index (κ2) is 6.64. The maximum Gasteiger partial charge on any atom is 0.323 e. The van der Waals surface area contributed by atoms with E-state index in [2.05, 4.69) is 5.10 Å². The van der Waals surface area contributed by atoms with Crippen molar-refractivity contribution >= 4 is 17.6 Å². The minimum atomic E-state index is -1.08. The van der Waals surface area contributed by atoms with Crippen LogP contribution in [0.25, 0.3) is 0 Å². The average molecular weight is 284 g/mol. The van der Waals surface area contributed by atoms with Crippen LogP contribution in [0.4, 0.5) is 5.69 Å². The molecule has 0 aliphatic heterocycles. The maximum atomic E-state index is 11.9. The third-order valence-electron chi connectivity index (χ3n) is 2.63. The molecule has 0 fully saturated rings. The van der Waals surface area contributed by atoms with E-state index in [-0.39, 0.29) is 37.1 Å². The monoisotopic (exact) mass is 284 g/mol. The molecule has 9 heteroatoms. The number of aromatic nitrogens is 2. The first-order valence-corrected chi connectivity index (χ1v) is 5.99. The maximum absolute atomic E-state index is 11.9. The molecule has 0 unspecified atom stereocenters. The van der Waals surface area contributed by atoms with Crippen LogP contribution in [0.3, 0.4) is 0 Å². The fourth-order valence-electron chi connectivity index (χ4n) is 1.63. The van der Waals surface area contributed by atoms with Gasteiger partial charge >= 0.3 is 11.7 Å². The highest BCUT2D eigenvalue weighted by atomic mass is 16.6. The summed E-state index contributed by atoms with van der Waals surface area (Å²) in [6, 6.07) is -0.231. The standard InChI is InChI=1S/C11H16N4O5/c1-8(2)14(7-11(17)18)10(16)3-4-13-6-9(5-12-13)15(19)20/h5-6,8H,3-4,7H2,1-2H3,(H,17,18). The Morgan fingerprint density at radius 1 is 1.55 bits per heavy atom. The fourth-order valence-corrected chi connectivity index (χ4v) is 1.63. The van der Waals surface area contributed by atoms with Gasteiger partial charge in [0.05, 0.1) is 4.92 Å². The number of nitrogens with zero attached hydrogens (tertiary/aromatic N) is 4. The first-order valence-electron chi connectivity index (χ1n) is 5.99. The molecule has 0 radical (unpaired) electrons. The van der Waals surface area contributed by atoms with Crippen LogP contribution in [-0.2, 0) is 16.1 Å². The summed E-state index contributed by atoms with van der Waals surface area (Å²) in [7, 11) is 0. The summed E-state index contributed by atoms with van der Waals surface area (Å²) in [4.78, 5) is 33.8. The van der Waals surface area contributed by atoms with Crippen molar-refractivity contribution in [1.82, 2.24) is 14.7 Å². The second-order valence-corrected chi connectivity index (χ2v) is 4.48. The molecular formula is C11H16N4O5. The Morgan fingerprint density at radius 2 is 2.20 bits per heavy atom. The van der Waals surface area contributed by atoms with Crippen LogP contribution < -0.4 is 0 Å². The predicted molar refractivity (Wildman–Crippen MR) is 68.0 cm³/mol. The lowest BCUT2D eigenvalue weighted by molar-refractivity contribution is -0.385. The number of hydrogen-bond donors (Lipinski definition) is 1. The Kier molecular flexibility index (Phi) is 5.18. The van der Waals surface area contributed by atoms with E-state index in [1.165, 1.54) is 15.8 Å². The molecule has 1 N–H and O–H groups in total. The van der Waals surface area contributed by atoms with Gasteiger partial charge in [0.25, 0.3) is 0 Å². The largest absolute Gasteiger partial charge is 0.480 e. The van der Waals surface area contributed by atoms with Crippen LogP contribution in [-0.4, -0.2) is 49.2 Å². The number of aliphatic carboxylic acids is 1. The molecule has 1 rings (SSSR count). The number of carboxylic acid groups (broad SMARTS) is 1. The van der Waals surface area contributed by atoms with Gasteiger partial charge in [0.2, 0.25) is 5.91 Å². The van der Waals surface area contributed by atoms with E-state index in [1.54, 1.807) is 13.8 Å². The molecule has 0 aromatic carbocycles. The first-order chi connectivity index (χ1) is 9.31. The van der Waals surface area contributed by atoms with E-state index in [4.69, 9.17) is 5.11 Å². The Balaban J connectivity index is 2.59. The van der Waals surface area contributed by atoms with Gasteiger partial charge in [-0.15, -0.1) is 0 Å². The van der Waals surface area contributed by atoms with Crippen LogP contribution in [0.1, 0.15) is 20.3 Å². The van der Waals surface area contributed by atoms with Gasteiger partial charge in [0.15, 0.2) is 0 Å². The number of rotatable bonds is 7. The first kappa shape index (κ1) is 15.6. The van der Waals surface area contributed by atoms with Crippen molar-refractivity contribution in [2.45, 2.75) is 32.9 Å². The second-order valence-electron chi connectivity index (χ2n) is 4.48. The van der Waals surface area contributed by atoms with Crippen molar-refractivity contribution in [2.75, 3.05) is 6.54 Å². The molecule has 0 aliphatic rings. The number of carbonyl (C=O) groups is 2. The van der Waals surface area contributed by atoms with E-state index < -0.39 is 10.9 Å². The predicted octanol–water partition coefficient (Wildman–Crippen LogP) is 0.503. The van der Waals surface area contributed by atoms with Gasteiger partial charge in [-0.2, -0.15) is 5.10 Å². The van der Waals surface area contributed by atoms with Gasteiger partial charge in [-0.3, -0.25) is 24.4 Å². The van der Waals surface area contributed by atoms with Gasteiger partial charge in [0.1, 0.15) is 18.9 Å². The Hall–Kier alpha value is -2.45. The summed E-state index contributed by atoms with van der Waals surface area (Å²) in [5, 5.41) is 23.0. The highest BCUT2D eigenvalue weighted by Crippen LogP contribution is 2.09. The van der Waals surface area contributed by atoms with E-state index >= 15 is 0 Å². The number of carbonyl (C=O) groups excluding carboxylic acids is 1. The molecule has 110 valence electrons. The minimum Gasteiger partial charge on any atom is -0.480 e. The van der Waals surface area contributed by atoms with Crippen molar-refractivity contribution in [1.29, 1.82) is 0 Å². The van der Waals surface area contributed by atoms with Crippen LogP contribution in [0.5, 0.6) is 0 Å². The SMILES string of the molecule is CC(C)N(CC(=O)O)C(=O)CCn1cc([N+](=O)[O-])cn1. The van der Waals surface area contributed by atoms with Gasteiger partial charge in [-0.1, -0.05) is 0 Å². The van der Waals surface area contributed by atoms with Crippen molar-refractivity contribution in [3.63, 3.8) is 0 Å². The van der Waals surface area contributed by atoms with E-state index in [0.717, 1.165) is 6.20 Å². The molecule has 0 aliphatic carbocycles. The topological polar surface area (TPSA) is 119 Å². The molecule has 20 heavy (non-hydrogen) atoms. The molecule has 1 amide bonds. The Bertz CT molecular complexity index is 511. The molecule has 9 nitrogen and oxygen atoms in total. The van der Waals surface area contributed by atoms with E-state index in [9.17, 15) is 19.7 Å². The summed E-state index contributed by atoms with van der Waals surface area (Å²) in [6.07, 6.45) is 2.36. The third kappa shape index (κ3) is 4.34. The molecule has 0 saturated carbocycles. The molecule has 0 atom stereocenters. The lowest BCUT2D eigenvalue weighted by atomic mass is 10.2. The molecule has 1 heterocycles. The quantitative estimate of drug-likeness (QED) is 0.575. The summed E-state index contributed by atoms with van der Waals surface area (Å²) >= 11 is 0. The van der Waals surface area contributed by atoms with Crippen molar-refractivity contribution in [3.8, 4) is 0 Å². The Labute approximate surface area is 114 Å². The summed E-state index contributed by atoms with van der Waals surface area (Å²) in [5.74, 6) is -1.41. The van der Waals surface area contributed by atoms with Crippen LogP contribution in [0, 0.1) is 10.1 Å². The molecule has 0 spiro atoms. The number of carboxylic acids is 1. The van der Waals surface area contributed by atoms with Crippen LogP contribution in [0.15, 0.2) is 12.4 Å². The number of amides is 1. The van der Waals surface area contributed by atoms with Crippen molar-refractivity contribution in [3.05, 3.63) is 22.5 Å². The van der Waals surface area contributed by atoms with Crippen molar-refractivity contribution in [2.24, 2.45) is 0 Å². The van der Waals surface area contributed by atoms with Gasteiger partial charge in [0, 0.05) is 19.0 Å². The minimum absolute atomic E-state index is 0.0320. The number of aryl methyl sites for hydroxylation is 1. The molecule has 0 bridgehead atoms. The lowest BCUT2D eigenvalue weighted by Crippen LogP contribution is -2.41. The zero-order valence-corrected chi connectivity index (χ0v) is 11.2. The molecular weight excluding hydrogens is 268 g/mol. The van der Waals surface area contributed by atoms with Gasteiger partial charge < -0.3 is 10.0 Å². The van der Waals surface area contributed by atoms with E-state index in [1.807, 2.05) is 0 Å². The molecule has 1 aromatic heterocycles. The van der Waals surface area contributed by atoms with Crippen LogP contribution >= 0.6 is 0 Å². The highest BCUT2D eigenvalue weighted by molar-refractivity contribution is 5.81. The van der Waals surface area contributed by atoms with Crippen LogP contribution in [0.2, 0.25) is 0 Å². The highest BCUT2D eigenvalue weighted by Gasteiger charge is 2.20. The number of hydrogen-bond acceptors (Lipinski definition) is 5. The molecule has 0 saturated heterocycles. The van der Waals surface area contributed by atoms with Gasteiger partial charge in [-0.25, -0.2) is 0 Å². The molecule has 1 aromatic rings.